The highest BCUT2D eigenvalue weighted by atomic mass is 16.1. The van der Waals surface area contributed by atoms with Gasteiger partial charge >= 0.3 is 0 Å². The lowest BCUT2D eigenvalue weighted by molar-refractivity contribution is -0.119. The molecule has 1 rings (SSSR count). The molecule has 1 amide bonds. The summed E-state index contributed by atoms with van der Waals surface area (Å²) in [4.78, 5) is 11.0. The third-order valence-corrected chi connectivity index (χ3v) is 2.90. The van der Waals surface area contributed by atoms with Crippen molar-refractivity contribution in [3.63, 3.8) is 0 Å². The first-order chi connectivity index (χ1) is 6.15. The van der Waals surface area contributed by atoms with Crippen LogP contribution >= 0.6 is 0 Å². The second-order valence-corrected chi connectivity index (χ2v) is 4.20. The monoisotopic (exact) mass is 184 g/mol. The van der Waals surface area contributed by atoms with Gasteiger partial charge in [-0.15, -0.1) is 0 Å². The number of amides is 1. The number of rotatable bonds is 4. The van der Waals surface area contributed by atoms with E-state index in [0.29, 0.717) is 24.3 Å². The van der Waals surface area contributed by atoms with E-state index in [4.69, 9.17) is 5.73 Å². The Morgan fingerprint density at radius 3 is 2.69 bits per heavy atom. The van der Waals surface area contributed by atoms with Gasteiger partial charge in [0.2, 0.25) is 5.91 Å². The molecule has 0 aliphatic carbocycles. The first-order valence-corrected chi connectivity index (χ1v) is 5.14. The Labute approximate surface area is 80.1 Å². The Balaban J connectivity index is 2.49. The Bertz CT molecular complexity index is 180. The number of nitrogens with one attached hydrogen (secondary N) is 1. The minimum absolute atomic E-state index is 0.202. The molecule has 0 aromatic rings. The van der Waals surface area contributed by atoms with Crippen LogP contribution in [0, 0.1) is 11.8 Å². The Kier molecular flexibility index (Phi) is 3.72. The minimum atomic E-state index is 0.202. The first kappa shape index (κ1) is 10.5. The van der Waals surface area contributed by atoms with Crippen molar-refractivity contribution in [2.75, 3.05) is 6.54 Å². The van der Waals surface area contributed by atoms with E-state index in [-0.39, 0.29) is 5.91 Å². The molecule has 0 spiro atoms. The molecule has 1 saturated heterocycles. The predicted octanol–water partition coefficient (Wildman–Crippen LogP) is 0.886. The smallest absolute Gasteiger partial charge is 0.220 e. The van der Waals surface area contributed by atoms with E-state index in [9.17, 15) is 4.79 Å². The molecule has 0 aromatic heterocycles. The summed E-state index contributed by atoms with van der Waals surface area (Å²) in [5.74, 6) is 1.36. The summed E-state index contributed by atoms with van der Waals surface area (Å²) in [5.41, 5.74) is 5.56. The lowest BCUT2D eigenvalue weighted by Gasteiger charge is -2.26. The summed E-state index contributed by atoms with van der Waals surface area (Å²) in [5, 5.41) is 3.03. The van der Waals surface area contributed by atoms with Crippen LogP contribution in [0.5, 0.6) is 0 Å². The predicted molar refractivity (Wildman–Crippen MR) is 53.2 cm³/mol. The lowest BCUT2D eigenvalue weighted by atomic mass is 9.85. The SMILES string of the molecule is CC(C)C(CCN)C1CCC(=O)N1. The third-order valence-electron chi connectivity index (χ3n) is 2.90. The van der Waals surface area contributed by atoms with Gasteiger partial charge in [-0.3, -0.25) is 4.79 Å². The highest BCUT2D eigenvalue weighted by Crippen LogP contribution is 2.24. The van der Waals surface area contributed by atoms with Gasteiger partial charge in [0, 0.05) is 12.5 Å². The maximum Gasteiger partial charge on any atom is 0.220 e. The van der Waals surface area contributed by atoms with Crippen molar-refractivity contribution in [3.05, 3.63) is 0 Å². The molecule has 0 bridgehead atoms. The van der Waals surface area contributed by atoms with Gasteiger partial charge in [-0.25, -0.2) is 0 Å². The molecule has 3 N–H and O–H groups in total. The highest BCUT2D eigenvalue weighted by molar-refractivity contribution is 5.78. The number of hydrogen-bond acceptors (Lipinski definition) is 2. The molecule has 0 radical (unpaired) electrons. The first-order valence-electron chi connectivity index (χ1n) is 5.14. The Morgan fingerprint density at radius 2 is 2.31 bits per heavy atom. The summed E-state index contributed by atoms with van der Waals surface area (Å²) < 4.78 is 0. The molecule has 13 heavy (non-hydrogen) atoms. The van der Waals surface area contributed by atoms with Crippen molar-refractivity contribution in [1.29, 1.82) is 0 Å². The van der Waals surface area contributed by atoms with Crippen molar-refractivity contribution in [1.82, 2.24) is 5.32 Å². The molecule has 1 fully saturated rings. The zero-order valence-electron chi connectivity index (χ0n) is 8.55. The maximum atomic E-state index is 11.0. The van der Waals surface area contributed by atoms with E-state index >= 15 is 0 Å². The van der Waals surface area contributed by atoms with Gasteiger partial charge in [-0.05, 0) is 31.2 Å². The van der Waals surface area contributed by atoms with Crippen molar-refractivity contribution in [2.24, 2.45) is 17.6 Å². The van der Waals surface area contributed by atoms with Gasteiger partial charge in [0.15, 0.2) is 0 Å². The van der Waals surface area contributed by atoms with E-state index in [1.807, 2.05) is 0 Å². The van der Waals surface area contributed by atoms with Crippen molar-refractivity contribution in [2.45, 2.75) is 39.2 Å². The van der Waals surface area contributed by atoms with Crippen LogP contribution in [0.3, 0.4) is 0 Å². The Morgan fingerprint density at radius 1 is 1.62 bits per heavy atom. The van der Waals surface area contributed by atoms with Crippen LogP contribution in [-0.2, 0) is 4.79 Å². The second-order valence-electron chi connectivity index (χ2n) is 4.20. The topological polar surface area (TPSA) is 55.1 Å². The summed E-state index contributed by atoms with van der Waals surface area (Å²) in [6, 6.07) is 0.371. The van der Waals surface area contributed by atoms with Crippen molar-refractivity contribution >= 4 is 5.91 Å². The Hall–Kier alpha value is -0.570. The average Bonchev–Trinajstić information content (AvgIpc) is 2.46. The van der Waals surface area contributed by atoms with E-state index in [2.05, 4.69) is 19.2 Å². The van der Waals surface area contributed by atoms with Gasteiger partial charge in [0.1, 0.15) is 0 Å². The number of hydrogen-bond donors (Lipinski definition) is 2. The summed E-state index contributed by atoms with van der Waals surface area (Å²) in [7, 11) is 0. The quantitative estimate of drug-likeness (QED) is 0.681. The molecule has 1 aliphatic heterocycles. The highest BCUT2D eigenvalue weighted by Gasteiger charge is 2.29. The molecule has 2 unspecified atom stereocenters. The van der Waals surface area contributed by atoms with Crippen LogP contribution in [0.25, 0.3) is 0 Å². The van der Waals surface area contributed by atoms with E-state index in [1.54, 1.807) is 0 Å². The lowest BCUT2D eigenvalue weighted by Crippen LogP contribution is -2.36. The fourth-order valence-electron chi connectivity index (χ4n) is 2.15. The number of nitrogens with two attached hydrogens (primary N) is 1. The van der Waals surface area contributed by atoms with E-state index in [1.165, 1.54) is 0 Å². The number of carbonyl (C=O) groups is 1. The second kappa shape index (κ2) is 4.61. The molecular formula is C10H20N2O. The van der Waals surface area contributed by atoms with Gasteiger partial charge < -0.3 is 11.1 Å². The van der Waals surface area contributed by atoms with Crippen LogP contribution < -0.4 is 11.1 Å². The fourth-order valence-corrected chi connectivity index (χ4v) is 2.15. The zero-order valence-corrected chi connectivity index (χ0v) is 8.55. The normalized spacial score (nSPS) is 24.9. The molecular weight excluding hydrogens is 164 g/mol. The maximum absolute atomic E-state index is 11.0. The van der Waals surface area contributed by atoms with Crippen LogP contribution in [0.4, 0.5) is 0 Å². The molecule has 0 saturated carbocycles. The minimum Gasteiger partial charge on any atom is -0.353 e. The number of carbonyl (C=O) groups excluding carboxylic acids is 1. The average molecular weight is 184 g/mol. The largest absolute Gasteiger partial charge is 0.353 e. The van der Waals surface area contributed by atoms with Crippen LogP contribution in [0.2, 0.25) is 0 Å². The summed E-state index contributed by atoms with van der Waals surface area (Å²) in [6.07, 6.45) is 2.70. The summed E-state index contributed by atoms with van der Waals surface area (Å²) >= 11 is 0. The summed E-state index contributed by atoms with van der Waals surface area (Å²) in [6.45, 7) is 5.12. The van der Waals surface area contributed by atoms with Crippen LogP contribution in [0.1, 0.15) is 33.1 Å². The molecule has 3 nitrogen and oxygen atoms in total. The van der Waals surface area contributed by atoms with Gasteiger partial charge in [-0.2, -0.15) is 0 Å². The standard InChI is InChI=1S/C10H20N2O/c1-7(2)8(5-6-11)9-3-4-10(13)12-9/h7-9H,3-6,11H2,1-2H3,(H,12,13). The molecule has 1 aliphatic rings. The van der Waals surface area contributed by atoms with Gasteiger partial charge in [0.25, 0.3) is 0 Å². The van der Waals surface area contributed by atoms with E-state index < -0.39 is 0 Å². The van der Waals surface area contributed by atoms with Gasteiger partial charge in [-0.1, -0.05) is 13.8 Å². The fraction of sp³-hybridized carbons (Fsp3) is 0.900. The molecule has 3 heteroatoms. The molecule has 2 atom stereocenters. The van der Waals surface area contributed by atoms with Crippen molar-refractivity contribution < 1.29 is 4.79 Å². The molecule has 1 heterocycles. The van der Waals surface area contributed by atoms with Gasteiger partial charge in [0.05, 0.1) is 0 Å². The zero-order chi connectivity index (χ0) is 9.84. The van der Waals surface area contributed by atoms with E-state index in [0.717, 1.165) is 19.4 Å². The molecule has 76 valence electrons. The van der Waals surface area contributed by atoms with Crippen molar-refractivity contribution in [3.8, 4) is 0 Å². The van der Waals surface area contributed by atoms with Crippen LogP contribution in [-0.4, -0.2) is 18.5 Å². The molecule has 0 aromatic carbocycles. The van der Waals surface area contributed by atoms with Crippen LogP contribution in [0.15, 0.2) is 0 Å². The third kappa shape index (κ3) is 2.69.